The number of likely N-dealkylation sites (tertiary alicyclic amines) is 1. The van der Waals surface area contributed by atoms with Crippen LogP contribution >= 0.6 is 0 Å². The van der Waals surface area contributed by atoms with E-state index in [-0.39, 0.29) is 13.2 Å². The van der Waals surface area contributed by atoms with Gasteiger partial charge in [-0.1, -0.05) is 24.3 Å². The number of rotatable bonds is 9. The van der Waals surface area contributed by atoms with Gasteiger partial charge in [0, 0.05) is 29.4 Å². The molecule has 5 nitrogen and oxygen atoms in total. The molecule has 8 heteroatoms. The highest BCUT2D eigenvalue weighted by Crippen LogP contribution is 2.33. The van der Waals surface area contributed by atoms with E-state index in [2.05, 4.69) is 10.3 Å². The van der Waals surface area contributed by atoms with Crippen molar-refractivity contribution in [3.05, 3.63) is 42.5 Å². The summed E-state index contributed by atoms with van der Waals surface area (Å²) in [6.07, 6.45) is -3.73. The van der Waals surface area contributed by atoms with Crippen molar-refractivity contribution in [3.63, 3.8) is 0 Å². The lowest BCUT2D eigenvalue weighted by molar-refractivity contribution is -0.138. The first-order valence-corrected chi connectivity index (χ1v) is 11.2. The molecule has 1 unspecified atom stereocenters. The third-order valence-corrected chi connectivity index (χ3v) is 6.15. The summed E-state index contributed by atoms with van der Waals surface area (Å²) in [5.41, 5.74) is 2.04. The first kappa shape index (κ1) is 22.9. The van der Waals surface area contributed by atoms with E-state index in [1.165, 1.54) is 0 Å². The number of para-hydroxylation sites is 1. The monoisotopic (exact) mass is 449 g/mol. The summed E-state index contributed by atoms with van der Waals surface area (Å²) in [5, 5.41) is 15.7. The van der Waals surface area contributed by atoms with E-state index >= 15 is 0 Å². The number of aliphatic hydroxyl groups is 1. The number of aromatic amines is 1. The molecule has 0 spiro atoms. The summed E-state index contributed by atoms with van der Waals surface area (Å²) in [7, 11) is 0. The SMILES string of the molecule is OC(CNCC1CCN(CCC(F)(F)F)CC1)COc1cccc2[nH]c3ccccc3c12. The molecule has 3 aromatic rings. The highest BCUT2D eigenvalue weighted by Gasteiger charge is 2.29. The fourth-order valence-corrected chi connectivity index (χ4v) is 4.39. The Balaban J connectivity index is 1.19. The zero-order valence-corrected chi connectivity index (χ0v) is 18.0. The first-order valence-electron chi connectivity index (χ1n) is 11.2. The maximum Gasteiger partial charge on any atom is 0.390 e. The van der Waals surface area contributed by atoms with Gasteiger partial charge in [-0.25, -0.2) is 0 Å². The molecule has 32 heavy (non-hydrogen) atoms. The van der Waals surface area contributed by atoms with Gasteiger partial charge in [0.2, 0.25) is 0 Å². The number of fused-ring (bicyclic) bond motifs is 3. The fraction of sp³-hybridized carbons (Fsp3) is 0.500. The number of piperidine rings is 1. The van der Waals surface area contributed by atoms with E-state index in [1.807, 2.05) is 47.4 Å². The lowest BCUT2D eigenvalue weighted by Gasteiger charge is -2.32. The van der Waals surface area contributed by atoms with Crippen molar-refractivity contribution >= 4 is 21.8 Å². The van der Waals surface area contributed by atoms with Gasteiger partial charge in [-0.2, -0.15) is 13.2 Å². The van der Waals surface area contributed by atoms with Crippen molar-refractivity contribution in [2.75, 3.05) is 39.3 Å². The van der Waals surface area contributed by atoms with Crippen molar-refractivity contribution in [1.29, 1.82) is 0 Å². The zero-order chi connectivity index (χ0) is 22.6. The number of nitrogens with zero attached hydrogens (tertiary/aromatic N) is 1. The zero-order valence-electron chi connectivity index (χ0n) is 18.0. The van der Waals surface area contributed by atoms with Crippen LogP contribution in [0.15, 0.2) is 42.5 Å². The van der Waals surface area contributed by atoms with Crippen LogP contribution in [0.4, 0.5) is 13.2 Å². The van der Waals surface area contributed by atoms with Crippen LogP contribution in [0.5, 0.6) is 5.75 Å². The lowest BCUT2D eigenvalue weighted by Crippen LogP contribution is -2.40. The summed E-state index contributed by atoms with van der Waals surface area (Å²) in [6.45, 7) is 2.83. The molecule has 1 aliphatic heterocycles. The fourth-order valence-electron chi connectivity index (χ4n) is 4.39. The van der Waals surface area contributed by atoms with Gasteiger partial charge in [0.15, 0.2) is 0 Å². The molecule has 1 atom stereocenters. The van der Waals surface area contributed by atoms with Crippen LogP contribution in [-0.2, 0) is 0 Å². The van der Waals surface area contributed by atoms with E-state index in [4.69, 9.17) is 4.74 Å². The molecule has 0 amide bonds. The Kier molecular flexibility index (Phi) is 7.23. The topological polar surface area (TPSA) is 60.5 Å². The van der Waals surface area contributed by atoms with Gasteiger partial charge in [0.05, 0.1) is 11.9 Å². The third-order valence-electron chi connectivity index (χ3n) is 6.15. The normalized spacial score (nSPS) is 17.2. The van der Waals surface area contributed by atoms with Gasteiger partial charge in [-0.3, -0.25) is 0 Å². The van der Waals surface area contributed by atoms with Gasteiger partial charge in [-0.05, 0) is 56.6 Å². The molecule has 0 bridgehead atoms. The molecule has 174 valence electrons. The number of H-pyrrole nitrogens is 1. The summed E-state index contributed by atoms with van der Waals surface area (Å²) in [5.74, 6) is 1.16. The van der Waals surface area contributed by atoms with E-state index in [9.17, 15) is 18.3 Å². The van der Waals surface area contributed by atoms with Crippen LogP contribution in [0.2, 0.25) is 0 Å². The van der Waals surface area contributed by atoms with Gasteiger partial charge in [0.1, 0.15) is 18.5 Å². The molecule has 0 saturated carbocycles. The van der Waals surface area contributed by atoms with Crippen molar-refractivity contribution in [1.82, 2.24) is 15.2 Å². The number of hydrogen-bond acceptors (Lipinski definition) is 4. The predicted octanol–water partition coefficient (Wildman–Crippen LogP) is 4.31. The Hall–Kier alpha value is -2.29. The lowest BCUT2D eigenvalue weighted by atomic mass is 9.96. The summed E-state index contributed by atoms with van der Waals surface area (Å²) in [6, 6.07) is 13.9. The minimum Gasteiger partial charge on any atom is -0.490 e. The molecule has 2 heterocycles. The smallest absolute Gasteiger partial charge is 0.390 e. The second kappa shape index (κ2) is 10.1. The predicted molar refractivity (Wildman–Crippen MR) is 120 cm³/mol. The quantitative estimate of drug-likeness (QED) is 0.456. The van der Waals surface area contributed by atoms with E-state index in [0.29, 0.717) is 25.6 Å². The van der Waals surface area contributed by atoms with Crippen molar-refractivity contribution < 1.29 is 23.0 Å². The Bertz CT molecular complexity index is 1010. The summed E-state index contributed by atoms with van der Waals surface area (Å²) in [4.78, 5) is 5.27. The molecule has 1 saturated heterocycles. The number of nitrogens with one attached hydrogen (secondary N) is 2. The molecule has 0 radical (unpaired) electrons. The maximum atomic E-state index is 12.4. The van der Waals surface area contributed by atoms with Crippen molar-refractivity contribution in [3.8, 4) is 5.75 Å². The van der Waals surface area contributed by atoms with Crippen LogP contribution in [0, 0.1) is 5.92 Å². The minimum atomic E-state index is -4.09. The summed E-state index contributed by atoms with van der Waals surface area (Å²) < 4.78 is 43.0. The Morgan fingerprint density at radius 1 is 1.09 bits per heavy atom. The van der Waals surface area contributed by atoms with Crippen molar-refractivity contribution in [2.45, 2.75) is 31.5 Å². The number of benzene rings is 2. The van der Waals surface area contributed by atoms with Gasteiger partial charge in [-0.15, -0.1) is 0 Å². The number of aromatic nitrogens is 1. The van der Waals surface area contributed by atoms with Crippen LogP contribution in [0.25, 0.3) is 21.8 Å². The summed E-state index contributed by atoms with van der Waals surface area (Å²) >= 11 is 0. The molecule has 2 aromatic carbocycles. The Morgan fingerprint density at radius 2 is 1.84 bits per heavy atom. The van der Waals surface area contributed by atoms with E-state index in [1.54, 1.807) is 0 Å². The van der Waals surface area contributed by atoms with E-state index < -0.39 is 18.7 Å². The minimum absolute atomic E-state index is 0.0862. The largest absolute Gasteiger partial charge is 0.490 e. The third kappa shape index (κ3) is 5.94. The molecular weight excluding hydrogens is 419 g/mol. The number of alkyl halides is 3. The first-order chi connectivity index (χ1) is 15.4. The van der Waals surface area contributed by atoms with Gasteiger partial charge < -0.3 is 25.0 Å². The molecule has 1 aliphatic rings. The van der Waals surface area contributed by atoms with Gasteiger partial charge in [0.25, 0.3) is 0 Å². The van der Waals surface area contributed by atoms with Gasteiger partial charge >= 0.3 is 6.18 Å². The number of hydrogen-bond donors (Lipinski definition) is 3. The number of aliphatic hydroxyl groups excluding tert-OH is 1. The number of ether oxygens (including phenoxy) is 1. The Morgan fingerprint density at radius 3 is 2.62 bits per heavy atom. The average molecular weight is 450 g/mol. The standard InChI is InChI=1S/C24H30F3N3O2/c25-24(26,27)10-13-30-11-8-17(9-12-30)14-28-15-18(31)16-32-22-7-3-6-21-23(22)19-4-1-2-5-20(19)29-21/h1-7,17-18,28-29,31H,8-16H2. The molecule has 3 N–H and O–H groups in total. The van der Waals surface area contributed by atoms with E-state index in [0.717, 1.165) is 46.9 Å². The second-order valence-corrected chi connectivity index (χ2v) is 8.62. The molecule has 0 aliphatic carbocycles. The number of halogens is 3. The molecule has 4 rings (SSSR count). The molecule has 1 aromatic heterocycles. The average Bonchev–Trinajstić information content (AvgIpc) is 3.16. The van der Waals surface area contributed by atoms with Crippen LogP contribution < -0.4 is 10.1 Å². The second-order valence-electron chi connectivity index (χ2n) is 8.62. The maximum absolute atomic E-state index is 12.4. The van der Waals surface area contributed by atoms with Crippen LogP contribution in [0.3, 0.4) is 0 Å². The van der Waals surface area contributed by atoms with Crippen molar-refractivity contribution in [2.24, 2.45) is 5.92 Å². The van der Waals surface area contributed by atoms with Crippen LogP contribution in [0.1, 0.15) is 19.3 Å². The Labute approximate surface area is 185 Å². The highest BCUT2D eigenvalue weighted by atomic mass is 19.4. The molecular formula is C24H30F3N3O2. The molecule has 1 fully saturated rings. The highest BCUT2D eigenvalue weighted by molar-refractivity contribution is 6.10. The van der Waals surface area contributed by atoms with Crippen LogP contribution in [-0.4, -0.2) is 66.6 Å².